The van der Waals surface area contributed by atoms with Crippen LogP contribution in [0.2, 0.25) is 0 Å². The summed E-state index contributed by atoms with van der Waals surface area (Å²) in [5.41, 5.74) is -0.388. The summed E-state index contributed by atoms with van der Waals surface area (Å²) < 4.78 is 5.54. The Balaban J connectivity index is 2.27. The van der Waals surface area contributed by atoms with Crippen molar-refractivity contribution in [1.29, 1.82) is 0 Å². The van der Waals surface area contributed by atoms with E-state index < -0.39 is 5.54 Å². The number of nitrogens with zero attached hydrogens (tertiary/aromatic N) is 1. The van der Waals surface area contributed by atoms with Crippen LogP contribution < -0.4 is 5.32 Å². The highest BCUT2D eigenvalue weighted by molar-refractivity contribution is 5.89. The van der Waals surface area contributed by atoms with E-state index in [1.165, 1.54) is 0 Å². The summed E-state index contributed by atoms with van der Waals surface area (Å²) in [6, 6.07) is 0.272. The molecule has 0 bridgehead atoms. The molecule has 4 nitrogen and oxygen atoms in total. The predicted molar refractivity (Wildman–Crippen MR) is 80.3 cm³/mol. The van der Waals surface area contributed by atoms with Gasteiger partial charge in [0.05, 0.1) is 17.8 Å². The van der Waals surface area contributed by atoms with Crippen molar-refractivity contribution in [3.05, 3.63) is 0 Å². The van der Waals surface area contributed by atoms with Crippen molar-refractivity contribution < 1.29 is 9.53 Å². The number of amides is 1. The molecule has 2 rings (SSSR count). The molecule has 0 aromatic rings. The first kappa shape index (κ1) is 15.8. The number of carbonyl (C=O) groups excluding carboxylic acids is 1. The lowest BCUT2D eigenvalue weighted by molar-refractivity contribution is -0.165. The minimum atomic E-state index is -0.414. The Morgan fingerprint density at radius 2 is 2.00 bits per heavy atom. The minimum absolute atomic E-state index is 0.0260. The molecule has 0 spiro atoms. The van der Waals surface area contributed by atoms with E-state index in [1.807, 2.05) is 6.92 Å². The van der Waals surface area contributed by atoms with Crippen LogP contribution in [0, 0.1) is 11.3 Å². The van der Waals surface area contributed by atoms with Crippen LogP contribution in [-0.2, 0) is 9.53 Å². The number of hydrogen-bond acceptors (Lipinski definition) is 3. The Hall–Kier alpha value is -0.610. The largest absolute Gasteiger partial charge is 0.381 e. The molecule has 2 aliphatic rings. The highest BCUT2D eigenvalue weighted by atomic mass is 16.5. The molecular weight excluding hydrogens is 252 g/mol. The van der Waals surface area contributed by atoms with Gasteiger partial charge in [-0.2, -0.15) is 0 Å². The van der Waals surface area contributed by atoms with Gasteiger partial charge in [0, 0.05) is 18.6 Å². The van der Waals surface area contributed by atoms with E-state index >= 15 is 0 Å². The molecule has 1 N–H and O–H groups in total. The van der Waals surface area contributed by atoms with Crippen LogP contribution in [0.5, 0.6) is 0 Å². The molecule has 0 radical (unpaired) electrons. The summed E-state index contributed by atoms with van der Waals surface area (Å²) in [7, 11) is 1.77. The van der Waals surface area contributed by atoms with Crippen molar-refractivity contribution in [1.82, 2.24) is 10.2 Å². The minimum Gasteiger partial charge on any atom is -0.381 e. The molecule has 1 aliphatic heterocycles. The van der Waals surface area contributed by atoms with E-state index in [0.717, 1.165) is 12.8 Å². The third-order valence-electron chi connectivity index (χ3n) is 5.56. The average Bonchev–Trinajstić information content (AvgIpc) is 2.64. The van der Waals surface area contributed by atoms with E-state index in [2.05, 4.69) is 44.8 Å². The lowest BCUT2D eigenvalue weighted by Gasteiger charge is -2.56. The Labute approximate surface area is 123 Å². The molecule has 4 heteroatoms. The van der Waals surface area contributed by atoms with Crippen molar-refractivity contribution >= 4 is 5.91 Å². The van der Waals surface area contributed by atoms with Gasteiger partial charge in [-0.3, -0.25) is 10.1 Å². The third-order valence-corrected chi connectivity index (χ3v) is 5.56. The second-order valence-electron chi connectivity index (χ2n) is 7.53. The zero-order valence-corrected chi connectivity index (χ0v) is 14.0. The molecular formula is C16H30N2O2. The second-order valence-corrected chi connectivity index (χ2v) is 7.53. The average molecular weight is 282 g/mol. The Kier molecular flexibility index (Phi) is 3.93. The van der Waals surface area contributed by atoms with E-state index in [0.29, 0.717) is 5.92 Å². The van der Waals surface area contributed by atoms with E-state index in [4.69, 9.17) is 4.74 Å². The number of ether oxygens (including phenoxy) is 1. The number of rotatable bonds is 4. The smallest absolute Gasteiger partial charge is 0.244 e. The predicted octanol–water partition coefficient (Wildman–Crippen LogP) is 2.38. The SMILES string of the molecule is CCC1(C)NC(C(C)C)N(C2CC(OC)C2(C)C)C1=O. The van der Waals surface area contributed by atoms with Gasteiger partial charge in [-0.1, -0.05) is 34.6 Å². The highest BCUT2D eigenvalue weighted by Crippen LogP contribution is 2.48. The Morgan fingerprint density at radius 3 is 2.40 bits per heavy atom. The number of hydrogen-bond donors (Lipinski definition) is 1. The topological polar surface area (TPSA) is 41.6 Å². The van der Waals surface area contributed by atoms with Crippen LogP contribution in [0.1, 0.15) is 54.4 Å². The third kappa shape index (κ3) is 2.08. The highest BCUT2D eigenvalue weighted by Gasteiger charge is 2.59. The molecule has 4 unspecified atom stereocenters. The Bertz CT molecular complexity index is 394. The normalized spacial score (nSPS) is 40.3. The van der Waals surface area contributed by atoms with Gasteiger partial charge in [0.1, 0.15) is 0 Å². The fourth-order valence-corrected chi connectivity index (χ4v) is 3.68. The van der Waals surface area contributed by atoms with Crippen molar-refractivity contribution in [2.24, 2.45) is 11.3 Å². The zero-order chi connectivity index (χ0) is 15.3. The molecule has 20 heavy (non-hydrogen) atoms. The molecule has 1 saturated carbocycles. The fourth-order valence-electron chi connectivity index (χ4n) is 3.68. The summed E-state index contributed by atoms with van der Waals surface area (Å²) in [6.45, 7) is 12.9. The lowest BCUT2D eigenvalue weighted by Crippen LogP contribution is -2.65. The van der Waals surface area contributed by atoms with Gasteiger partial charge in [0.2, 0.25) is 5.91 Å². The monoisotopic (exact) mass is 282 g/mol. The summed E-state index contributed by atoms with van der Waals surface area (Å²) in [5, 5.41) is 3.57. The first-order valence-electron chi connectivity index (χ1n) is 7.82. The van der Waals surface area contributed by atoms with Gasteiger partial charge in [-0.05, 0) is 25.7 Å². The van der Waals surface area contributed by atoms with Crippen molar-refractivity contribution in [3.63, 3.8) is 0 Å². The van der Waals surface area contributed by atoms with Gasteiger partial charge < -0.3 is 9.64 Å². The summed E-state index contributed by atoms with van der Waals surface area (Å²) >= 11 is 0. The van der Waals surface area contributed by atoms with E-state index in [9.17, 15) is 4.79 Å². The maximum Gasteiger partial charge on any atom is 0.244 e. The first-order chi connectivity index (χ1) is 9.19. The van der Waals surface area contributed by atoms with Gasteiger partial charge in [0.15, 0.2) is 0 Å². The van der Waals surface area contributed by atoms with Crippen molar-refractivity contribution in [2.75, 3.05) is 7.11 Å². The maximum atomic E-state index is 12.9. The summed E-state index contributed by atoms with van der Waals surface area (Å²) in [5.74, 6) is 0.663. The molecule has 1 amide bonds. The number of methoxy groups -OCH3 is 1. The fraction of sp³-hybridized carbons (Fsp3) is 0.938. The number of carbonyl (C=O) groups is 1. The number of nitrogens with one attached hydrogen (secondary N) is 1. The van der Waals surface area contributed by atoms with Gasteiger partial charge >= 0.3 is 0 Å². The molecule has 2 fully saturated rings. The molecule has 1 aliphatic carbocycles. The van der Waals surface area contributed by atoms with Crippen molar-refractivity contribution in [2.45, 2.75) is 78.2 Å². The molecule has 1 heterocycles. The molecule has 0 aromatic carbocycles. The quantitative estimate of drug-likeness (QED) is 0.861. The van der Waals surface area contributed by atoms with Gasteiger partial charge in [0.25, 0.3) is 0 Å². The van der Waals surface area contributed by atoms with Gasteiger partial charge in [-0.15, -0.1) is 0 Å². The lowest BCUT2D eigenvalue weighted by atomic mass is 9.63. The van der Waals surface area contributed by atoms with Crippen LogP contribution in [0.4, 0.5) is 0 Å². The maximum absolute atomic E-state index is 12.9. The van der Waals surface area contributed by atoms with Crippen molar-refractivity contribution in [3.8, 4) is 0 Å². The van der Waals surface area contributed by atoms with Crippen LogP contribution in [0.15, 0.2) is 0 Å². The second kappa shape index (κ2) is 4.99. The van der Waals surface area contributed by atoms with Crippen LogP contribution in [0.25, 0.3) is 0 Å². The molecule has 1 saturated heterocycles. The Morgan fingerprint density at radius 1 is 1.40 bits per heavy atom. The standard InChI is InChI=1S/C16H30N2O2/c1-8-16(6)14(19)18(13(17-16)10(2)3)11-9-12(20-7)15(11,4)5/h10-13,17H,8-9H2,1-7H3. The zero-order valence-electron chi connectivity index (χ0n) is 14.0. The molecule has 0 aromatic heterocycles. The molecule has 116 valence electrons. The van der Waals surface area contributed by atoms with Crippen LogP contribution >= 0.6 is 0 Å². The van der Waals surface area contributed by atoms with Gasteiger partial charge in [-0.25, -0.2) is 0 Å². The van der Waals surface area contributed by atoms with Crippen LogP contribution in [0.3, 0.4) is 0 Å². The first-order valence-corrected chi connectivity index (χ1v) is 7.82. The van der Waals surface area contributed by atoms with E-state index in [1.54, 1.807) is 7.11 Å². The molecule has 4 atom stereocenters. The summed E-state index contributed by atoms with van der Waals surface area (Å²) in [6.07, 6.45) is 2.16. The van der Waals surface area contributed by atoms with Crippen LogP contribution in [-0.4, -0.2) is 41.8 Å². The summed E-state index contributed by atoms with van der Waals surface area (Å²) in [4.78, 5) is 15.0. The van der Waals surface area contributed by atoms with E-state index in [-0.39, 0.29) is 29.6 Å².